The number of nitrogens with zero attached hydrogens (tertiary/aromatic N) is 1. The van der Waals surface area contributed by atoms with E-state index in [1.165, 1.54) is 0 Å². The summed E-state index contributed by atoms with van der Waals surface area (Å²) in [6.07, 6.45) is 2.95. The van der Waals surface area contributed by atoms with Crippen molar-refractivity contribution >= 4 is 11.7 Å². The molecule has 1 amide bonds. The zero-order valence-electron chi connectivity index (χ0n) is 8.66. The number of hydrogen-bond acceptors (Lipinski definition) is 3. The van der Waals surface area contributed by atoms with Crippen LogP contribution in [-0.2, 0) is 9.59 Å². The molecule has 0 aromatic rings. The Balaban J connectivity index is 2.49. The highest BCUT2D eigenvalue weighted by Gasteiger charge is 2.30. The molecule has 1 atom stereocenters. The van der Waals surface area contributed by atoms with E-state index in [-0.39, 0.29) is 17.7 Å². The first-order chi connectivity index (χ1) is 6.66. The van der Waals surface area contributed by atoms with Gasteiger partial charge in [-0.3, -0.25) is 9.59 Å². The molecule has 1 unspecified atom stereocenters. The first-order valence-corrected chi connectivity index (χ1v) is 5.17. The van der Waals surface area contributed by atoms with Crippen LogP contribution in [0.2, 0.25) is 0 Å². The van der Waals surface area contributed by atoms with Gasteiger partial charge in [0.15, 0.2) is 5.78 Å². The minimum absolute atomic E-state index is 0.0770. The van der Waals surface area contributed by atoms with Gasteiger partial charge in [-0.05, 0) is 32.7 Å². The average Bonchev–Trinajstić information content (AvgIpc) is 2.62. The van der Waals surface area contributed by atoms with Gasteiger partial charge < -0.3 is 10.6 Å². The number of ketones is 1. The van der Waals surface area contributed by atoms with Gasteiger partial charge in [-0.25, -0.2) is 0 Å². The molecule has 1 aliphatic rings. The van der Waals surface area contributed by atoms with Crippen molar-refractivity contribution in [1.82, 2.24) is 4.90 Å². The van der Waals surface area contributed by atoms with Crippen molar-refractivity contribution in [2.24, 2.45) is 5.73 Å². The summed E-state index contributed by atoms with van der Waals surface area (Å²) in [5, 5.41) is 0. The lowest BCUT2D eigenvalue weighted by molar-refractivity contribution is -0.136. The Bertz CT molecular complexity index is 228. The number of rotatable bonds is 4. The normalized spacial score (nSPS) is 21.3. The minimum atomic E-state index is -0.166. The van der Waals surface area contributed by atoms with Crippen molar-refractivity contribution < 1.29 is 9.59 Å². The summed E-state index contributed by atoms with van der Waals surface area (Å²) >= 11 is 0. The smallest absolute Gasteiger partial charge is 0.223 e. The number of amides is 1. The van der Waals surface area contributed by atoms with Gasteiger partial charge >= 0.3 is 0 Å². The number of likely N-dealkylation sites (tertiary alicyclic amines) is 1. The highest BCUT2D eigenvalue weighted by molar-refractivity contribution is 5.88. The van der Waals surface area contributed by atoms with E-state index in [4.69, 9.17) is 5.73 Å². The van der Waals surface area contributed by atoms with E-state index in [9.17, 15) is 9.59 Å². The lowest BCUT2D eigenvalue weighted by Crippen LogP contribution is -2.39. The van der Waals surface area contributed by atoms with Crippen LogP contribution in [0.25, 0.3) is 0 Å². The van der Waals surface area contributed by atoms with E-state index in [2.05, 4.69) is 0 Å². The number of hydrogen-bond donors (Lipinski definition) is 1. The van der Waals surface area contributed by atoms with Crippen LogP contribution in [0.1, 0.15) is 32.6 Å². The number of carbonyl (C=O) groups is 2. The van der Waals surface area contributed by atoms with Crippen LogP contribution in [0.15, 0.2) is 0 Å². The Morgan fingerprint density at radius 1 is 1.50 bits per heavy atom. The van der Waals surface area contributed by atoms with E-state index in [0.29, 0.717) is 19.4 Å². The second kappa shape index (κ2) is 5.10. The second-order valence-electron chi connectivity index (χ2n) is 3.75. The number of Topliss-reactive ketones (excluding diaryl/α,β-unsaturated/α-hetero) is 1. The van der Waals surface area contributed by atoms with E-state index in [1.54, 1.807) is 11.8 Å². The first kappa shape index (κ1) is 11.2. The van der Waals surface area contributed by atoms with Gasteiger partial charge in [-0.2, -0.15) is 0 Å². The van der Waals surface area contributed by atoms with Crippen LogP contribution < -0.4 is 5.73 Å². The lowest BCUT2D eigenvalue weighted by Gasteiger charge is -2.22. The molecule has 1 heterocycles. The molecule has 14 heavy (non-hydrogen) atoms. The van der Waals surface area contributed by atoms with Crippen molar-refractivity contribution in [1.29, 1.82) is 0 Å². The van der Waals surface area contributed by atoms with Crippen molar-refractivity contribution in [3.05, 3.63) is 0 Å². The van der Waals surface area contributed by atoms with Gasteiger partial charge in [-0.15, -0.1) is 0 Å². The van der Waals surface area contributed by atoms with Crippen LogP contribution in [0.5, 0.6) is 0 Å². The van der Waals surface area contributed by atoms with Gasteiger partial charge in [0.1, 0.15) is 0 Å². The maximum atomic E-state index is 11.6. The SMILES string of the molecule is CC(=O)C1CCCN1C(=O)CCCN. The predicted molar refractivity (Wildman–Crippen MR) is 53.7 cm³/mol. The Hall–Kier alpha value is -0.900. The molecule has 0 aliphatic carbocycles. The quantitative estimate of drug-likeness (QED) is 0.707. The van der Waals surface area contributed by atoms with Crippen LogP contribution >= 0.6 is 0 Å². The molecule has 4 nitrogen and oxygen atoms in total. The molecule has 0 radical (unpaired) electrons. The maximum absolute atomic E-state index is 11.6. The maximum Gasteiger partial charge on any atom is 0.223 e. The van der Waals surface area contributed by atoms with Gasteiger partial charge in [0.05, 0.1) is 6.04 Å². The summed E-state index contributed by atoms with van der Waals surface area (Å²) in [7, 11) is 0. The summed E-state index contributed by atoms with van der Waals surface area (Å²) in [5.74, 6) is 0.178. The van der Waals surface area contributed by atoms with Crippen LogP contribution in [0.3, 0.4) is 0 Å². The third kappa shape index (κ3) is 2.54. The molecular formula is C10H18N2O2. The van der Waals surface area contributed by atoms with Gasteiger partial charge in [0, 0.05) is 13.0 Å². The highest BCUT2D eigenvalue weighted by atomic mass is 16.2. The molecule has 2 N–H and O–H groups in total. The van der Waals surface area contributed by atoms with Crippen molar-refractivity contribution in [2.45, 2.75) is 38.6 Å². The molecule has 0 saturated carbocycles. The zero-order chi connectivity index (χ0) is 10.6. The van der Waals surface area contributed by atoms with Crippen molar-refractivity contribution in [2.75, 3.05) is 13.1 Å². The molecule has 0 bridgehead atoms. The monoisotopic (exact) mass is 198 g/mol. The second-order valence-corrected chi connectivity index (χ2v) is 3.75. The highest BCUT2D eigenvalue weighted by Crippen LogP contribution is 2.19. The van der Waals surface area contributed by atoms with E-state index in [1.807, 2.05) is 0 Å². The standard InChI is InChI=1S/C10H18N2O2/c1-8(13)9-4-3-7-12(9)10(14)5-2-6-11/h9H,2-7,11H2,1H3. The topological polar surface area (TPSA) is 63.4 Å². The molecule has 1 aliphatic heterocycles. The molecule has 1 fully saturated rings. The fourth-order valence-corrected chi connectivity index (χ4v) is 1.88. The largest absolute Gasteiger partial charge is 0.333 e. The van der Waals surface area contributed by atoms with E-state index >= 15 is 0 Å². The summed E-state index contributed by atoms with van der Waals surface area (Å²) in [4.78, 5) is 24.6. The van der Waals surface area contributed by atoms with Crippen LogP contribution in [0, 0.1) is 0 Å². The summed E-state index contributed by atoms with van der Waals surface area (Å²) in [6, 6.07) is -0.166. The average molecular weight is 198 g/mol. The molecule has 1 rings (SSSR count). The van der Waals surface area contributed by atoms with Crippen LogP contribution in [-0.4, -0.2) is 35.7 Å². The van der Waals surface area contributed by atoms with Gasteiger partial charge in [0.2, 0.25) is 5.91 Å². The molecule has 1 saturated heterocycles. The third-order valence-electron chi connectivity index (χ3n) is 2.64. The first-order valence-electron chi connectivity index (χ1n) is 5.17. The summed E-state index contributed by atoms with van der Waals surface area (Å²) < 4.78 is 0. The van der Waals surface area contributed by atoms with Crippen molar-refractivity contribution in [3.8, 4) is 0 Å². The molecule has 80 valence electrons. The van der Waals surface area contributed by atoms with Crippen LogP contribution in [0.4, 0.5) is 0 Å². The molecule has 0 aromatic heterocycles. The summed E-state index contributed by atoms with van der Waals surface area (Å²) in [5.41, 5.74) is 5.33. The third-order valence-corrected chi connectivity index (χ3v) is 2.64. The Kier molecular flexibility index (Phi) is 4.07. The Labute approximate surface area is 84.4 Å². The lowest BCUT2D eigenvalue weighted by atomic mass is 10.1. The summed E-state index contributed by atoms with van der Waals surface area (Å²) in [6.45, 7) is 2.82. The zero-order valence-corrected chi connectivity index (χ0v) is 8.66. The number of nitrogens with two attached hydrogens (primary N) is 1. The van der Waals surface area contributed by atoms with E-state index < -0.39 is 0 Å². The van der Waals surface area contributed by atoms with Gasteiger partial charge in [0.25, 0.3) is 0 Å². The fourth-order valence-electron chi connectivity index (χ4n) is 1.88. The number of carbonyl (C=O) groups excluding carboxylic acids is 2. The minimum Gasteiger partial charge on any atom is -0.333 e. The van der Waals surface area contributed by atoms with E-state index in [0.717, 1.165) is 19.4 Å². The molecule has 0 aromatic carbocycles. The van der Waals surface area contributed by atoms with Gasteiger partial charge in [-0.1, -0.05) is 0 Å². The molecular weight excluding hydrogens is 180 g/mol. The Morgan fingerprint density at radius 2 is 2.21 bits per heavy atom. The molecule has 0 spiro atoms. The van der Waals surface area contributed by atoms with Crippen molar-refractivity contribution in [3.63, 3.8) is 0 Å². The Morgan fingerprint density at radius 3 is 2.79 bits per heavy atom. The fraction of sp³-hybridized carbons (Fsp3) is 0.800. The molecule has 4 heteroatoms. The predicted octanol–water partition coefficient (Wildman–Crippen LogP) is 0.305.